The predicted octanol–water partition coefficient (Wildman–Crippen LogP) is 2.18. The van der Waals surface area contributed by atoms with Crippen molar-refractivity contribution in [2.45, 2.75) is 5.54 Å². The minimum absolute atomic E-state index is 0.421. The topological polar surface area (TPSA) is 50.4 Å². The average Bonchev–Trinajstić information content (AvgIpc) is 2.76. The van der Waals surface area contributed by atoms with E-state index in [0.29, 0.717) is 10.9 Å². The highest BCUT2D eigenvalue weighted by atomic mass is 32.1. The Morgan fingerprint density at radius 2 is 1.37 bits per heavy atom. The molecule has 0 saturated heterocycles. The first-order valence-corrected chi connectivity index (χ1v) is 6.42. The highest BCUT2D eigenvalue weighted by Crippen LogP contribution is 2.32. The summed E-state index contributed by atoms with van der Waals surface area (Å²) >= 11 is 5.17. The Bertz CT molecular complexity index is 595. The van der Waals surface area contributed by atoms with Crippen molar-refractivity contribution < 1.29 is 0 Å². The molecule has 0 bridgehead atoms. The van der Waals surface area contributed by atoms with Crippen molar-refractivity contribution >= 4 is 23.2 Å². The fourth-order valence-corrected chi connectivity index (χ4v) is 2.68. The van der Waals surface area contributed by atoms with Gasteiger partial charge in [-0.3, -0.25) is 0 Å². The second-order valence-electron chi connectivity index (χ2n) is 4.41. The van der Waals surface area contributed by atoms with Crippen LogP contribution in [-0.4, -0.2) is 10.9 Å². The Hall–Kier alpha value is -2.20. The molecule has 1 aliphatic heterocycles. The van der Waals surface area contributed by atoms with Crippen molar-refractivity contribution in [3.8, 4) is 0 Å². The molecule has 0 radical (unpaired) electrons. The largest absolute Gasteiger partial charge is 0.384 e. The van der Waals surface area contributed by atoms with Gasteiger partial charge in [0.05, 0.1) is 0 Å². The van der Waals surface area contributed by atoms with E-state index in [1.807, 2.05) is 60.7 Å². The lowest BCUT2D eigenvalue weighted by molar-refractivity contribution is 0.658. The smallest absolute Gasteiger partial charge is 0.195 e. The van der Waals surface area contributed by atoms with Gasteiger partial charge in [0.15, 0.2) is 5.11 Å². The van der Waals surface area contributed by atoms with E-state index in [0.717, 1.165) is 11.1 Å². The van der Waals surface area contributed by atoms with Gasteiger partial charge in [0, 0.05) is 0 Å². The van der Waals surface area contributed by atoms with Crippen LogP contribution >= 0.6 is 12.2 Å². The van der Waals surface area contributed by atoms with Gasteiger partial charge in [0.1, 0.15) is 11.4 Å². The van der Waals surface area contributed by atoms with Gasteiger partial charge in [-0.15, -0.1) is 0 Å². The van der Waals surface area contributed by atoms with E-state index >= 15 is 0 Å². The third-order valence-corrected chi connectivity index (χ3v) is 3.51. The third kappa shape index (κ3) is 1.81. The van der Waals surface area contributed by atoms with E-state index in [1.165, 1.54) is 0 Å². The van der Waals surface area contributed by atoms with Crippen molar-refractivity contribution in [3.05, 3.63) is 71.8 Å². The molecule has 3 rings (SSSR count). The molecule has 94 valence electrons. The van der Waals surface area contributed by atoms with Gasteiger partial charge in [-0.1, -0.05) is 60.7 Å². The molecule has 0 aliphatic carbocycles. The van der Waals surface area contributed by atoms with Crippen molar-refractivity contribution in [3.63, 3.8) is 0 Å². The number of aliphatic imine (C=N–C) groups is 1. The first kappa shape index (κ1) is 11.9. The van der Waals surface area contributed by atoms with Crippen LogP contribution in [0.5, 0.6) is 0 Å². The van der Waals surface area contributed by atoms with Gasteiger partial charge in [0.2, 0.25) is 0 Å². The number of amidine groups is 1. The van der Waals surface area contributed by atoms with Gasteiger partial charge in [0.25, 0.3) is 0 Å². The van der Waals surface area contributed by atoms with E-state index in [-0.39, 0.29) is 0 Å². The van der Waals surface area contributed by atoms with Gasteiger partial charge in [-0.25, -0.2) is 4.99 Å². The molecule has 0 spiro atoms. The molecule has 0 unspecified atom stereocenters. The molecule has 19 heavy (non-hydrogen) atoms. The third-order valence-electron chi connectivity index (χ3n) is 3.31. The Kier molecular flexibility index (Phi) is 2.80. The maximum atomic E-state index is 6.17. The van der Waals surface area contributed by atoms with Crippen LogP contribution < -0.4 is 11.1 Å². The molecule has 0 fully saturated rings. The van der Waals surface area contributed by atoms with Crippen LogP contribution in [0.3, 0.4) is 0 Å². The zero-order chi connectivity index (χ0) is 13.3. The van der Waals surface area contributed by atoms with Crippen molar-refractivity contribution in [1.82, 2.24) is 5.32 Å². The molecule has 0 amide bonds. The number of nitrogens with zero attached hydrogens (tertiary/aromatic N) is 1. The zero-order valence-corrected chi connectivity index (χ0v) is 11.0. The fraction of sp³-hybridized carbons (Fsp3) is 0.0667. The van der Waals surface area contributed by atoms with Crippen LogP contribution in [0, 0.1) is 0 Å². The van der Waals surface area contributed by atoms with Gasteiger partial charge in [-0.2, -0.15) is 0 Å². The summed E-state index contributed by atoms with van der Waals surface area (Å²) in [5.74, 6) is 0.481. The number of hydrogen-bond acceptors (Lipinski definition) is 2. The van der Waals surface area contributed by atoms with E-state index in [9.17, 15) is 0 Å². The first-order chi connectivity index (χ1) is 9.23. The monoisotopic (exact) mass is 267 g/mol. The van der Waals surface area contributed by atoms with Crippen LogP contribution in [0.2, 0.25) is 0 Å². The average molecular weight is 267 g/mol. The molecule has 1 aliphatic rings. The second-order valence-corrected chi connectivity index (χ2v) is 4.80. The highest BCUT2D eigenvalue weighted by molar-refractivity contribution is 7.80. The zero-order valence-electron chi connectivity index (χ0n) is 10.2. The summed E-state index contributed by atoms with van der Waals surface area (Å²) in [6.45, 7) is 0. The summed E-state index contributed by atoms with van der Waals surface area (Å²) in [5.41, 5.74) is 7.58. The summed E-state index contributed by atoms with van der Waals surface area (Å²) in [6, 6.07) is 20.0. The van der Waals surface area contributed by atoms with E-state index in [4.69, 9.17) is 18.0 Å². The summed E-state index contributed by atoms with van der Waals surface area (Å²) < 4.78 is 0. The fourth-order valence-electron chi connectivity index (χ4n) is 2.43. The second kappa shape index (κ2) is 4.48. The van der Waals surface area contributed by atoms with Crippen molar-refractivity contribution in [2.75, 3.05) is 0 Å². The maximum absolute atomic E-state index is 6.17. The lowest BCUT2D eigenvalue weighted by Crippen LogP contribution is -2.49. The summed E-state index contributed by atoms with van der Waals surface area (Å²) in [4.78, 5) is 4.21. The molecule has 3 N–H and O–H groups in total. The number of nitrogens with two attached hydrogens (primary N) is 1. The molecule has 3 nitrogen and oxygen atoms in total. The molecule has 2 aromatic rings. The van der Waals surface area contributed by atoms with Crippen molar-refractivity contribution in [1.29, 1.82) is 0 Å². The number of thiocarbonyl (C=S) groups is 1. The highest BCUT2D eigenvalue weighted by Gasteiger charge is 2.42. The first-order valence-electron chi connectivity index (χ1n) is 6.01. The van der Waals surface area contributed by atoms with Gasteiger partial charge in [-0.05, 0) is 23.3 Å². The molecule has 4 heteroatoms. The van der Waals surface area contributed by atoms with Gasteiger partial charge >= 0.3 is 0 Å². The Balaban J connectivity index is 2.24. The van der Waals surface area contributed by atoms with Crippen LogP contribution in [-0.2, 0) is 5.54 Å². The molecular weight excluding hydrogens is 254 g/mol. The lowest BCUT2D eigenvalue weighted by Gasteiger charge is -2.30. The number of benzene rings is 2. The number of nitrogens with one attached hydrogen (secondary N) is 1. The summed E-state index contributed by atoms with van der Waals surface area (Å²) in [5, 5.41) is 3.67. The van der Waals surface area contributed by atoms with Crippen molar-refractivity contribution in [2.24, 2.45) is 10.7 Å². The Labute approximate surface area is 117 Å². The van der Waals surface area contributed by atoms with E-state index in [2.05, 4.69) is 10.3 Å². The van der Waals surface area contributed by atoms with Crippen LogP contribution in [0.4, 0.5) is 0 Å². The normalized spacial score (nSPS) is 16.8. The standard InChI is InChI=1S/C15H13N3S/c16-13-15(18-14(19)17-13,11-7-3-1-4-8-11)12-9-5-2-6-10-12/h1-10H,(H3,16,17,18,19). The molecular formula is C15H13N3S. The molecule has 0 saturated carbocycles. The summed E-state index contributed by atoms with van der Waals surface area (Å²) in [7, 11) is 0. The number of rotatable bonds is 2. The molecule has 0 atom stereocenters. The molecule has 1 heterocycles. The van der Waals surface area contributed by atoms with Gasteiger partial charge < -0.3 is 11.1 Å². The predicted molar refractivity (Wildman–Crippen MR) is 81.0 cm³/mol. The van der Waals surface area contributed by atoms with Crippen LogP contribution in [0.25, 0.3) is 0 Å². The lowest BCUT2D eigenvalue weighted by atomic mass is 9.82. The van der Waals surface area contributed by atoms with E-state index < -0.39 is 5.54 Å². The minimum atomic E-state index is -0.653. The quantitative estimate of drug-likeness (QED) is 0.820. The maximum Gasteiger partial charge on any atom is 0.195 e. The number of hydrogen-bond donors (Lipinski definition) is 2. The van der Waals surface area contributed by atoms with E-state index in [1.54, 1.807) is 0 Å². The van der Waals surface area contributed by atoms with Crippen LogP contribution in [0.15, 0.2) is 65.7 Å². The molecule has 0 aromatic heterocycles. The Morgan fingerprint density at radius 3 is 1.74 bits per heavy atom. The Morgan fingerprint density at radius 1 is 0.895 bits per heavy atom. The molecule has 2 aromatic carbocycles. The summed E-state index contributed by atoms with van der Waals surface area (Å²) in [6.07, 6.45) is 0. The minimum Gasteiger partial charge on any atom is -0.384 e. The SMILES string of the molecule is NC1=NC(=S)NC1(c1ccccc1)c1ccccc1. The van der Waals surface area contributed by atoms with Crippen LogP contribution in [0.1, 0.15) is 11.1 Å².